The zero-order valence-electron chi connectivity index (χ0n) is 21.7. The van der Waals surface area contributed by atoms with Crippen molar-refractivity contribution >= 4 is 22.1 Å². The van der Waals surface area contributed by atoms with Gasteiger partial charge in [-0.25, -0.2) is 4.98 Å². The molecule has 33 heavy (non-hydrogen) atoms. The highest BCUT2D eigenvalue weighted by Gasteiger charge is 2.14. The predicted octanol–water partition coefficient (Wildman–Crippen LogP) is 7.50. The number of benzene rings is 3. The van der Waals surface area contributed by atoms with Crippen molar-refractivity contribution in [2.24, 2.45) is 0 Å². The molecule has 0 atom stereocenters. The van der Waals surface area contributed by atoms with Gasteiger partial charge in [-0.05, 0) is 48.1 Å². The van der Waals surface area contributed by atoms with E-state index in [0.29, 0.717) is 5.58 Å². The first kappa shape index (κ1) is 15.5. The summed E-state index contributed by atoms with van der Waals surface area (Å²) in [5.74, 6) is 0. The molecule has 0 amide bonds. The van der Waals surface area contributed by atoms with E-state index in [0.717, 1.165) is 33.2 Å². The molecular formula is C30H22N2O. The van der Waals surface area contributed by atoms with Crippen LogP contribution in [-0.2, 0) is 12.7 Å². The number of rotatable bonds is 5. The highest BCUT2D eigenvalue weighted by molar-refractivity contribution is 6.08. The molecule has 6 aromatic rings. The maximum atomic E-state index is 8.66. The number of hydrogen-bond acceptors (Lipinski definition) is 3. The van der Waals surface area contributed by atoms with Crippen LogP contribution in [0.25, 0.3) is 44.5 Å². The summed E-state index contributed by atoms with van der Waals surface area (Å²) in [7, 11) is 0. The molecule has 0 spiro atoms. The highest BCUT2D eigenvalue weighted by atomic mass is 16.3. The minimum Gasteiger partial charge on any atom is -0.437 e. The Kier molecular flexibility index (Phi) is 3.94. The van der Waals surface area contributed by atoms with Gasteiger partial charge in [-0.2, -0.15) is 0 Å². The Morgan fingerprint density at radius 3 is 2.27 bits per heavy atom. The lowest BCUT2D eigenvalue weighted by Gasteiger charge is -2.04. The van der Waals surface area contributed by atoms with Crippen molar-refractivity contribution < 1.29 is 9.90 Å². The van der Waals surface area contributed by atoms with Crippen LogP contribution in [0.3, 0.4) is 0 Å². The second-order valence-electron chi connectivity index (χ2n) is 7.75. The fourth-order valence-corrected chi connectivity index (χ4v) is 3.96. The molecule has 0 fully saturated rings. The molecule has 6 rings (SSSR count). The Balaban J connectivity index is 1.42. The third-order valence-electron chi connectivity index (χ3n) is 5.62. The Labute approximate surface area is 198 Å². The first-order valence-electron chi connectivity index (χ1n) is 12.8. The van der Waals surface area contributed by atoms with Crippen LogP contribution in [0, 0.1) is 0 Å². The molecule has 0 aliphatic heterocycles. The molecule has 158 valence electrons. The Morgan fingerprint density at radius 2 is 1.48 bits per heavy atom. The van der Waals surface area contributed by atoms with Crippen molar-refractivity contribution in [3.05, 3.63) is 121 Å². The van der Waals surface area contributed by atoms with Gasteiger partial charge in [-0.3, -0.25) is 4.98 Å². The van der Waals surface area contributed by atoms with Crippen molar-refractivity contribution in [1.82, 2.24) is 9.97 Å². The minimum atomic E-state index is -2.39. The molecule has 0 saturated carbocycles. The largest absolute Gasteiger partial charge is 0.437 e. The lowest BCUT2D eigenvalue weighted by molar-refractivity contribution is 0.651. The van der Waals surface area contributed by atoms with Gasteiger partial charge in [0.25, 0.3) is 0 Å². The average molecular weight is 431 g/mol. The van der Waals surface area contributed by atoms with E-state index >= 15 is 0 Å². The van der Waals surface area contributed by atoms with Crippen LogP contribution in [0.5, 0.6) is 0 Å². The van der Waals surface area contributed by atoms with Crippen LogP contribution in [-0.4, -0.2) is 9.97 Å². The summed E-state index contributed by atoms with van der Waals surface area (Å²) in [5, 5.41) is 1.57. The number of pyridine rings is 2. The van der Waals surface area contributed by atoms with Crippen molar-refractivity contribution in [1.29, 1.82) is 0 Å². The van der Waals surface area contributed by atoms with Crippen LogP contribution in [0.4, 0.5) is 0 Å². The van der Waals surface area contributed by atoms with Crippen LogP contribution >= 0.6 is 0 Å². The molecule has 0 saturated heterocycles. The number of nitrogens with zero attached hydrogens (tertiary/aromatic N) is 2. The molecule has 0 radical (unpaired) electrons. The summed E-state index contributed by atoms with van der Waals surface area (Å²) < 4.78 is 40.6. The number of aromatic nitrogens is 2. The third kappa shape index (κ3) is 3.79. The molecule has 3 nitrogen and oxygen atoms in total. The lowest BCUT2D eigenvalue weighted by Crippen LogP contribution is -1.93. The van der Waals surface area contributed by atoms with E-state index in [-0.39, 0.29) is 17.0 Å². The van der Waals surface area contributed by atoms with E-state index in [9.17, 15) is 0 Å². The molecule has 0 aliphatic carbocycles. The summed E-state index contributed by atoms with van der Waals surface area (Å²) in [5.41, 5.74) is 4.74. The molecule has 3 heteroatoms. The summed E-state index contributed by atoms with van der Waals surface area (Å²) in [6, 6.07) is 31.4. The van der Waals surface area contributed by atoms with Crippen molar-refractivity contribution in [2.75, 3.05) is 0 Å². The van der Waals surface area contributed by atoms with Gasteiger partial charge in [0.05, 0.1) is 5.69 Å². The lowest BCUT2D eigenvalue weighted by atomic mass is 10.0. The van der Waals surface area contributed by atoms with E-state index in [1.165, 1.54) is 6.07 Å². The van der Waals surface area contributed by atoms with Crippen LogP contribution in [0.15, 0.2) is 114 Å². The molecule has 3 aromatic carbocycles. The van der Waals surface area contributed by atoms with Gasteiger partial charge in [-0.1, -0.05) is 78.9 Å². The first-order valence-corrected chi connectivity index (χ1v) is 10.8. The maximum Gasteiger partial charge on any atom is 0.227 e. The van der Waals surface area contributed by atoms with Crippen LogP contribution < -0.4 is 0 Å². The Hall–Kier alpha value is -4.24. The zero-order valence-corrected chi connectivity index (χ0v) is 17.7. The smallest absolute Gasteiger partial charge is 0.227 e. The van der Waals surface area contributed by atoms with E-state index in [1.807, 2.05) is 66.9 Å². The van der Waals surface area contributed by atoms with Gasteiger partial charge < -0.3 is 4.42 Å². The van der Waals surface area contributed by atoms with E-state index < -0.39 is 12.7 Å². The van der Waals surface area contributed by atoms with Crippen LogP contribution in [0.2, 0.25) is 0 Å². The number of aryl methyl sites for hydroxylation is 2. The summed E-state index contributed by atoms with van der Waals surface area (Å²) in [6.07, 6.45) is -2.85. The minimum absolute atomic E-state index is 0.0280. The Morgan fingerprint density at radius 1 is 0.667 bits per heavy atom. The van der Waals surface area contributed by atoms with Crippen molar-refractivity contribution in [3.8, 4) is 22.4 Å². The van der Waals surface area contributed by atoms with Gasteiger partial charge >= 0.3 is 0 Å². The number of hydrogen-bond donors (Lipinski definition) is 0. The summed E-state index contributed by atoms with van der Waals surface area (Å²) in [4.78, 5) is 9.14. The molecular weight excluding hydrogens is 404 g/mol. The average Bonchev–Trinajstić information content (AvgIpc) is 3.32. The van der Waals surface area contributed by atoms with Gasteiger partial charge in [0.15, 0.2) is 0 Å². The normalized spacial score (nSPS) is 13.9. The summed E-state index contributed by atoms with van der Waals surface area (Å²) in [6.45, 7) is 0. The second-order valence-corrected chi connectivity index (χ2v) is 7.75. The van der Waals surface area contributed by atoms with Crippen molar-refractivity contribution in [3.63, 3.8) is 0 Å². The highest BCUT2D eigenvalue weighted by Crippen LogP contribution is 2.35. The fraction of sp³-hybridized carbons (Fsp3) is 0.0667. The maximum absolute atomic E-state index is 8.66. The fourth-order valence-electron chi connectivity index (χ4n) is 3.96. The second kappa shape index (κ2) is 8.36. The first-order chi connectivity index (χ1) is 17.9. The monoisotopic (exact) mass is 430 g/mol. The molecule has 0 unspecified atom stereocenters. The SMILES string of the molecule is [2H]C([2H])(c1ccccc1)C([2H])([2H])c1ccc2c(n1)oc1c(-c3ccc(-c4ccccc4)cn3)cccc12. The van der Waals surface area contributed by atoms with Gasteiger partial charge in [0, 0.05) is 39.3 Å². The zero-order chi connectivity index (χ0) is 25.6. The number of para-hydroxylation sites is 1. The van der Waals surface area contributed by atoms with E-state index in [4.69, 9.17) is 9.90 Å². The quantitative estimate of drug-likeness (QED) is 0.284. The topological polar surface area (TPSA) is 38.9 Å². The third-order valence-corrected chi connectivity index (χ3v) is 5.62. The summed E-state index contributed by atoms with van der Waals surface area (Å²) >= 11 is 0. The standard InChI is InChI=1S/C30H22N2O/c1-3-8-21(9-4-1)14-16-24-17-18-26-25-12-7-13-27(29(25)33-30(26)32-24)28-19-15-23(20-31-28)22-10-5-2-6-11-22/h1-13,15,17-20H,14,16H2/i14D2,16D2. The molecule has 3 heterocycles. The van der Waals surface area contributed by atoms with Crippen molar-refractivity contribution in [2.45, 2.75) is 12.7 Å². The molecule has 3 aromatic heterocycles. The van der Waals surface area contributed by atoms with Gasteiger partial charge in [0.2, 0.25) is 5.71 Å². The molecule has 0 bridgehead atoms. The Bertz CT molecular complexity index is 1710. The van der Waals surface area contributed by atoms with E-state index in [1.54, 1.807) is 36.4 Å². The van der Waals surface area contributed by atoms with Gasteiger partial charge in [-0.15, -0.1) is 0 Å². The number of furan rings is 1. The molecule has 0 N–H and O–H groups in total. The number of fused-ring (bicyclic) bond motifs is 3. The van der Waals surface area contributed by atoms with Gasteiger partial charge in [0.1, 0.15) is 5.58 Å². The van der Waals surface area contributed by atoms with E-state index in [2.05, 4.69) is 9.97 Å². The van der Waals surface area contributed by atoms with Crippen LogP contribution in [0.1, 0.15) is 16.7 Å². The molecule has 0 aliphatic rings. The predicted molar refractivity (Wildman–Crippen MR) is 134 cm³/mol.